The number of fused-ring (bicyclic) bond motifs is 1. The Bertz CT molecular complexity index is 721. The summed E-state index contributed by atoms with van der Waals surface area (Å²) in [6.07, 6.45) is 0. The topological polar surface area (TPSA) is 43.0 Å². The van der Waals surface area contributed by atoms with Gasteiger partial charge in [-0.3, -0.25) is 4.68 Å². The van der Waals surface area contributed by atoms with Crippen LogP contribution in [0.15, 0.2) is 34.7 Å². The van der Waals surface area contributed by atoms with Gasteiger partial charge in [0.25, 0.3) is 0 Å². The van der Waals surface area contributed by atoms with Crippen LogP contribution in [0.5, 0.6) is 0 Å². The molecule has 0 fully saturated rings. The Morgan fingerprint density at radius 3 is 2.65 bits per heavy atom. The molecule has 0 aliphatic rings. The van der Waals surface area contributed by atoms with Crippen molar-refractivity contribution in [2.24, 2.45) is 7.05 Å². The summed E-state index contributed by atoms with van der Waals surface area (Å²) in [4.78, 5) is 0. The predicted molar refractivity (Wildman–Crippen MR) is 80.9 cm³/mol. The zero-order valence-electron chi connectivity index (χ0n) is 12.3. The summed E-state index contributed by atoms with van der Waals surface area (Å²) in [5, 5.41) is 9.06. The van der Waals surface area contributed by atoms with Crippen LogP contribution >= 0.6 is 0 Å². The molecule has 0 saturated heterocycles. The summed E-state index contributed by atoms with van der Waals surface area (Å²) in [6, 6.07) is 10.3. The molecule has 0 amide bonds. The molecule has 2 aromatic heterocycles. The highest BCUT2D eigenvalue weighted by molar-refractivity contribution is 5.78. The second-order valence-electron chi connectivity index (χ2n) is 5.22. The standard InChI is InChI=1S/C16H19N3O/c1-10(17-16-11(2)18-19(4)12(16)3)15-9-13-7-5-6-8-14(13)20-15/h5-10,17H,1-4H3. The third-order valence-corrected chi connectivity index (χ3v) is 3.74. The minimum Gasteiger partial charge on any atom is -0.459 e. The van der Waals surface area contributed by atoms with E-state index in [1.807, 2.05) is 36.9 Å². The number of hydrogen-bond acceptors (Lipinski definition) is 3. The number of nitrogens with zero attached hydrogens (tertiary/aromatic N) is 2. The van der Waals surface area contributed by atoms with E-state index in [1.54, 1.807) is 0 Å². The molecule has 0 bridgehead atoms. The van der Waals surface area contributed by atoms with Crippen molar-refractivity contribution < 1.29 is 4.42 Å². The molecule has 104 valence electrons. The number of para-hydroxylation sites is 1. The van der Waals surface area contributed by atoms with Gasteiger partial charge in [0.15, 0.2) is 0 Å². The highest BCUT2D eigenvalue weighted by Gasteiger charge is 2.15. The minimum absolute atomic E-state index is 0.101. The van der Waals surface area contributed by atoms with Crippen LogP contribution in [0.2, 0.25) is 0 Å². The Balaban J connectivity index is 1.90. The van der Waals surface area contributed by atoms with Gasteiger partial charge in [-0.1, -0.05) is 18.2 Å². The Labute approximate surface area is 118 Å². The molecule has 0 saturated carbocycles. The first-order valence-electron chi connectivity index (χ1n) is 6.81. The largest absolute Gasteiger partial charge is 0.459 e. The summed E-state index contributed by atoms with van der Waals surface area (Å²) in [6.45, 7) is 6.18. The smallest absolute Gasteiger partial charge is 0.134 e. The van der Waals surface area contributed by atoms with E-state index in [1.165, 1.54) is 0 Å². The molecule has 20 heavy (non-hydrogen) atoms. The molecule has 4 nitrogen and oxygen atoms in total. The number of nitrogens with one attached hydrogen (secondary N) is 1. The van der Waals surface area contributed by atoms with E-state index in [9.17, 15) is 0 Å². The Morgan fingerprint density at radius 2 is 2.00 bits per heavy atom. The maximum absolute atomic E-state index is 5.90. The molecule has 0 aliphatic carbocycles. The highest BCUT2D eigenvalue weighted by Crippen LogP contribution is 2.28. The van der Waals surface area contributed by atoms with E-state index < -0.39 is 0 Å². The fraction of sp³-hybridized carbons (Fsp3) is 0.312. The maximum Gasteiger partial charge on any atom is 0.134 e. The molecule has 0 radical (unpaired) electrons. The van der Waals surface area contributed by atoms with E-state index in [4.69, 9.17) is 4.42 Å². The van der Waals surface area contributed by atoms with Gasteiger partial charge in [0.1, 0.15) is 11.3 Å². The van der Waals surface area contributed by atoms with Gasteiger partial charge in [0, 0.05) is 12.4 Å². The van der Waals surface area contributed by atoms with Crippen molar-refractivity contribution in [2.45, 2.75) is 26.8 Å². The van der Waals surface area contributed by atoms with Crippen LogP contribution in [0.4, 0.5) is 5.69 Å². The predicted octanol–water partition coefficient (Wildman–Crippen LogP) is 3.96. The first-order chi connectivity index (χ1) is 9.56. The molecular formula is C16H19N3O. The molecule has 1 unspecified atom stereocenters. The number of aromatic nitrogens is 2. The minimum atomic E-state index is 0.101. The lowest BCUT2D eigenvalue weighted by Crippen LogP contribution is -2.07. The normalized spacial score (nSPS) is 12.8. The first kappa shape index (κ1) is 12.8. The molecule has 2 heterocycles. The molecule has 1 atom stereocenters. The summed E-state index contributed by atoms with van der Waals surface area (Å²) in [7, 11) is 1.96. The average Bonchev–Trinajstić information content (AvgIpc) is 2.95. The van der Waals surface area contributed by atoms with Gasteiger partial charge in [-0.05, 0) is 32.9 Å². The van der Waals surface area contributed by atoms with Crippen LogP contribution in [-0.2, 0) is 7.05 Å². The SMILES string of the molecule is Cc1nn(C)c(C)c1NC(C)c1cc2ccccc2o1. The molecular weight excluding hydrogens is 250 g/mol. The van der Waals surface area contributed by atoms with Crippen molar-refractivity contribution in [2.75, 3.05) is 5.32 Å². The zero-order chi connectivity index (χ0) is 14.3. The number of rotatable bonds is 3. The highest BCUT2D eigenvalue weighted by atomic mass is 16.3. The van der Waals surface area contributed by atoms with Gasteiger partial charge in [-0.25, -0.2) is 0 Å². The van der Waals surface area contributed by atoms with Crippen LogP contribution in [0.25, 0.3) is 11.0 Å². The quantitative estimate of drug-likeness (QED) is 0.782. The number of aryl methyl sites for hydroxylation is 2. The Kier molecular flexibility index (Phi) is 3.01. The Hall–Kier alpha value is -2.23. The van der Waals surface area contributed by atoms with Crippen molar-refractivity contribution in [1.82, 2.24) is 9.78 Å². The van der Waals surface area contributed by atoms with Gasteiger partial charge in [-0.15, -0.1) is 0 Å². The van der Waals surface area contributed by atoms with Crippen molar-refractivity contribution in [3.8, 4) is 0 Å². The fourth-order valence-corrected chi connectivity index (χ4v) is 2.49. The Morgan fingerprint density at radius 1 is 1.25 bits per heavy atom. The number of furan rings is 1. The van der Waals surface area contributed by atoms with E-state index >= 15 is 0 Å². The molecule has 3 rings (SSSR count). The van der Waals surface area contributed by atoms with Crippen LogP contribution < -0.4 is 5.32 Å². The van der Waals surface area contributed by atoms with Crippen LogP contribution in [0.1, 0.15) is 30.1 Å². The first-order valence-corrected chi connectivity index (χ1v) is 6.81. The zero-order valence-corrected chi connectivity index (χ0v) is 12.3. The summed E-state index contributed by atoms with van der Waals surface area (Å²) in [5.74, 6) is 0.939. The maximum atomic E-state index is 5.90. The van der Waals surface area contributed by atoms with Crippen LogP contribution in [-0.4, -0.2) is 9.78 Å². The third kappa shape index (κ3) is 2.07. The van der Waals surface area contributed by atoms with Crippen LogP contribution in [0.3, 0.4) is 0 Å². The summed E-state index contributed by atoms with van der Waals surface area (Å²) < 4.78 is 7.79. The molecule has 1 N–H and O–H groups in total. The number of hydrogen-bond donors (Lipinski definition) is 1. The van der Waals surface area contributed by atoms with Crippen molar-refractivity contribution in [3.63, 3.8) is 0 Å². The lowest BCUT2D eigenvalue weighted by molar-refractivity contribution is 0.526. The van der Waals surface area contributed by atoms with Gasteiger partial charge in [0.05, 0.1) is 23.1 Å². The van der Waals surface area contributed by atoms with Gasteiger partial charge >= 0.3 is 0 Å². The van der Waals surface area contributed by atoms with E-state index in [0.717, 1.165) is 33.8 Å². The molecule has 0 aliphatic heterocycles. The van der Waals surface area contributed by atoms with Crippen molar-refractivity contribution in [3.05, 3.63) is 47.5 Å². The van der Waals surface area contributed by atoms with Gasteiger partial charge in [-0.2, -0.15) is 5.10 Å². The summed E-state index contributed by atoms with van der Waals surface area (Å²) >= 11 is 0. The van der Waals surface area contributed by atoms with Gasteiger partial charge in [0.2, 0.25) is 0 Å². The molecule has 1 aromatic carbocycles. The van der Waals surface area contributed by atoms with Crippen molar-refractivity contribution >= 4 is 16.7 Å². The molecule has 0 spiro atoms. The van der Waals surface area contributed by atoms with Crippen molar-refractivity contribution in [1.29, 1.82) is 0 Å². The van der Waals surface area contributed by atoms with E-state index in [-0.39, 0.29) is 6.04 Å². The van der Waals surface area contributed by atoms with E-state index in [2.05, 4.69) is 36.4 Å². The van der Waals surface area contributed by atoms with E-state index in [0.29, 0.717) is 0 Å². The fourth-order valence-electron chi connectivity index (χ4n) is 2.49. The average molecular weight is 269 g/mol. The lowest BCUT2D eigenvalue weighted by atomic mass is 10.2. The molecule has 4 heteroatoms. The second-order valence-corrected chi connectivity index (χ2v) is 5.22. The molecule has 3 aromatic rings. The second kappa shape index (κ2) is 4.71. The van der Waals surface area contributed by atoms with Crippen LogP contribution in [0, 0.1) is 13.8 Å². The monoisotopic (exact) mass is 269 g/mol. The third-order valence-electron chi connectivity index (χ3n) is 3.74. The number of anilines is 1. The summed E-state index contributed by atoms with van der Waals surface area (Å²) in [5.41, 5.74) is 4.15. The number of benzene rings is 1. The lowest BCUT2D eigenvalue weighted by Gasteiger charge is -2.13. The van der Waals surface area contributed by atoms with Gasteiger partial charge < -0.3 is 9.73 Å².